The minimum absolute atomic E-state index is 0.158. The first kappa shape index (κ1) is 29.5. The smallest absolute Gasteiger partial charge is 0.406 e. The van der Waals surface area contributed by atoms with Crippen molar-refractivity contribution in [2.45, 2.75) is 32.0 Å². The third kappa shape index (κ3) is 6.88. The van der Waals surface area contributed by atoms with Gasteiger partial charge in [0.15, 0.2) is 0 Å². The van der Waals surface area contributed by atoms with Crippen molar-refractivity contribution in [2.75, 3.05) is 13.1 Å². The van der Waals surface area contributed by atoms with E-state index in [1.54, 1.807) is 24.3 Å². The Labute approximate surface area is 241 Å². The summed E-state index contributed by atoms with van der Waals surface area (Å²) in [6.45, 7) is 1.46. The Morgan fingerprint density at radius 3 is 2.50 bits per heavy atom. The number of halogens is 7. The predicted molar refractivity (Wildman–Crippen MR) is 145 cm³/mol. The molecule has 1 amide bonds. The number of aromatic nitrogens is 2. The molecule has 13 heteroatoms. The Balaban J connectivity index is 1.38. The quantitative estimate of drug-likeness (QED) is 0.183. The van der Waals surface area contributed by atoms with Crippen molar-refractivity contribution in [1.82, 2.24) is 19.8 Å². The normalized spacial score (nSPS) is 14.4. The number of benzene rings is 2. The van der Waals surface area contributed by atoms with Crippen LogP contribution in [0.2, 0.25) is 5.15 Å². The van der Waals surface area contributed by atoms with Gasteiger partial charge in [-0.15, -0.1) is 13.2 Å². The van der Waals surface area contributed by atoms with Gasteiger partial charge in [0.25, 0.3) is 0 Å². The second-order valence-corrected chi connectivity index (χ2v) is 10.0. The van der Waals surface area contributed by atoms with Gasteiger partial charge in [0, 0.05) is 49.9 Å². The van der Waals surface area contributed by atoms with E-state index in [-0.39, 0.29) is 11.7 Å². The van der Waals surface area contributed by atoms with E-state index in [2.05, 4.69) is 15.0 Å². The molecule has 0 saturated carbocycles. The summed E-state index contributed by atoms with van der Waals surface area (Å²) in [4.78, 5) is 19.3. The van der Waals surface area contributed by atoms with E-state index in [0.29, 0.717) is 53.8 Å². The summed E-state index contributed by atoms with van der Waals surface area (Å²) in [6, 6.07) is 11.5. The SMILES string of the molecule is O=C(NCc1ccnc(Cl)c1)n1c2c(c3cc(OC(F)(F)F)ccc31)CN(C/C=C/c1ccc(C(F)(F)F)cc1)CC2. The first-order chi connectivity index (χ1) is 19.9. The van der Waals surface area contributed by atoms with Crippen molar-refractivity contribution in [1.29, 1.82) is 0 Å². The fourth-order valence-corrected chi connectivity index (χ4v) is 5.11. The highest BCUT2D eigenvalue weighted by atomic mass is 35.5. The number of nitrogens with zero attached hydrogens (tertiary/aromatic N) is 3. The van der Waals surface area contributed by atoms with Gasteiger partial charge >= 0.3 is 18.6 Å². The Bertz CT molecular complexity index is 1630. The lowest BCUT2D eigenvalue weighted by atomic mass is 10.0. The van der Waals surface area contributed by atoms with Crippen LogP contribution in [0.15, 0.2) is 66.9 Å². The number of alkyl halides is 6. The fraction of sp³-hybridized carbons (Fsp3) is 0.241. The number of hydrogen-bond donors (Lipinski definition) is 1. The second kappa shape index (κ2) is 11.7. The molecular formula is C29H23ClF6N4O2. The lowest BCUT2D eigenvalue weighted by Crippen LogP contribution is -2.34. The Kier molecular flexibility index (Phi) is 8.20. The van der Waals surface area contributed by atoms with Gasteiger partial charge in [0.05, 0.1) is 11.1 Å². The zero-order valence-electron chi connectivity index (χ0n) is 21.8. The van der Waals surface area contributed by atoms with Gasteiger partial charge in [-0.05, 0) is 59.2 Å². The van der Waals surface area contributed by atoms with Gasteiger partial charge in [-0.3, -0.25) is 9.47 Å². The largest absolute Gasteiger partial charge is 0.573 e. The molecule has 0 atom stereocenters. The number of carbonyl (C=O) groups is 1. The summed E-state index contributed by atoms with van der Waals surface area (Å²) in [5.74, 6) is -0.402. The molecule has 4 aromatic rings. The van der Waals surface area contributed by atoms with Crippen LogP contribution in [0.1, 0.15) is 27.9 Å². The summed E-state index contributed by atoms with van der Waals surface area (Å²) >= 11 is 5.93. The van der Waals surface area contributed by atoms with Crippen LogP contribution in [0.25, 0.3) is 17.0 Å². The monoisotopic (exact) mass is 608 g/mol. The van der Waals surface area contributed by atoms with Crippen molar-refractivity contribution in [3.63, 3.8) is 0 Å². The average Bonchev–Trinajstić information content (AvgIpc) is 3.24. The molecule has 0 aliphatic carbocycles. The third-order valence-electron chi connectivity index (χ3n) is 6.78. The third-order valence-corrected chi connectivity index (χ3v) is 6.99. The molecule has 0 fully saturated rings. The lowest BCUT2D eigenvalue weighted by Gasteiger charge is -2.27. The zero-order valence-corrected chi connectivity index (χ0v) is 22.5. The van der Waals surface area contributed by atoms with Crippen LogP contribution in [0.3, 0.4) is 0 Å². The number of amides is 1. The molecule has 1 N–H and O–H groups in total. The minimum Gasteiger partial charge on any atom is -0.406 e. The molecule has 6 nitrogen and oxygen atoms in total. The molecule has 0 radical (unpaired) electrons. The van der Waals surface area contributed by atoms with E-state index in [9.17, 15) is 31.1 Å². The van der Waals surface area contributed by atoms with Gasteiger partial charge in [-0.25, -0.2) is 9.78 Å². The number of carbonyl (C=O) groups excluding carboxylic acids is 1. The highest BCUT2D eigenvalue weighted by molar-refractivity contribution is 6.29. The van der Waals surface area contributed by atoms with E-state index in [1.807, 2.05) is 4.90 Å². The first-order valence-electron chi connectivity index (χ1n) is 12.7. The van der Waals surface area contributed by atoms with Crippen LogP contribution in [-0.2, 0) is 25.7 Å². The van der Waals surface area contributed by atoms with Crippen LogP contribution in [0.5, 0.6) is 5.75 Å². The van der Waals surface area contributed by atoms with Crippen molar-refractivity contribution >= 4 is 34.6 Å². The number of fused-ring (bicyclic) bond motifs is 3. The second-order valence-electron chi connectivity index (χ2n) is 9.64. The lowest BCUT2D eigenvalue weighted by molar-refractivity contribution is -0.274. The highest BCUT2D eigenvalue weighted by Gasteiger charge is 2.33. The van der Waals surface area contributed by atoms with Crippen LogP contribution >= 0.6 is 11.6 Å². The Morgan fingerprint density at radius 1 is 1.05 bits per heavy atom. The molecule has 0 spiro atoms. The summed E-state index contributed by atoms with van der Waals surface area (Å²) in [7, 11) is 0. The summed E-state index contributed by atoms with van der Waals surface area (Å²) in [5, 5.41) is 3.55. The van der Waals surface area contributed by atoms with Gasteiger partial charge in [-0.2, -0.15) is 13.2 Å². The summed E-state index contributed by atoms with van der Waals surface area (Å²) < 4.78 is 82.9. The maximum atomic E-state index is 13.4. The number of hydrogen-bond acceptors (Lipinski definition) is 4. The first-order valence-corrected chi connectivity index (χ1v) is 13.1. The van der Waals surface area contributed by atoms with Crippen LogP contribution in [0, 0.1) is 0 Å². The highest BCUT2D eigenvalue weighted by Crippen LogP contribution is 2.35. The Hall–Kier alpha value is -4.03. The van der Waals surface area contributed by atoms with Crippen LogP contribution < -0.4 is 10.1 Å². The number of nitrogens with one attached hydrogen (secondary N) is 1. The molecule has 42 heavy (non-hydrogen) atoms. The van der Waals surface area contributed by atoms with Gasteiger partial charge in [0.1, 0.15) is 10.9 Å². The van der Waals surface area contributed by atoms with Gasteiger partial charge in [0.2, 0.25) is 0 Å². The maximum absolute atomic E-state index is 13.4. The van der Waals surface area contributed by atoms with Gasteiger partial charge in [-0.1, -0.05) is 35.9 Å². The predicted octanol–water partition coefficient (Wildman–Crippen LogP) is 7.44. The molecule has 220 valence electrons. The van der Waals surface area contributed by atoms with Crippen LogP contribution in [-0.4, -0.2) is 39.9 Å². The van der Waals surface area contributed by atoms with E-state index in [4.69, 9.17) is 11.6 Å². The topological polar surface area (TPSA) is 59.4 Å². The molecular weight excluding hydrogens is 586 g/mol. The van der Waals surface area contributed by atoms with Crippen molar-refractivity contribution < 1.29 is 35.9 Å². The molecule has 5 rings (SSSR count). The minimum atomic E-state index is -4.88. The molecule has 1 aliphatic heterocycles. The summed E-state index contributed by atoms with van der Waals surface area (Å²) in [5.41, 5.74) is 2.37. The van der Waals surface area contributed by atoms with Gasteiger partial charge < -0.3 is 10.1 Å². The maximum Gasteiger partial charge on any atom is 0.573 e. The van der Waals surface area contributed by atoms with E-state index < -0.39 is 29.9 Å². The van der Waals surface area contributed by atoms with Crippen molar-refractivity contribution in [3.05, 3.63) is 100.0 Å². The van der Waals surface area contributed by atoms with Crippen molar-refractivity contribution in [3.8, 4) is 5.75 Å². The van der Waals surface area contributed by atoms with E-state index in [1.165, 1.54) is 35.0 Å². The average molecular weight is 609 g/mol. The number of ether oxygens (including phenoxy) is 1. The standard InChI is InChI=1S/C29H23ClF6N4O2/c30-26-14-19(9-11-37-26)16-38-27(41)40-24-8-7-21(42-29(34,35)36)15-22(24)23-17-39(13-10-25(23)40)12-1-2-18-3-5-20(6-4-18)28(31,32)33/h1-9,11,14-15H,10,12-13,16-17H2,(H,38,41)/b2-1+. The summed E-state index contributed by atoms with van der Waals surface area (Å²) in [6.07, 6.45) is -3.84. The van der Waals surface area contributed by atoms with Crippen molar-refractivity contribution in [2.24, 2.45) is 0 Å². The number of pyridine rings is 1. The zero-order chi connectivity index (χ0) is 30.1. The molecule has 2 aromatic heterocycles. The molecule has 0 bridgehead atoms. The Morgan fingerprint density at radius 2 is 1.81 bits per heavy atom. The number of rotatable bonds is 6. The van der Waals surface area contributed by atoms with E-state index >= 15 is 0 Å². The molecule has 3 heterocycles. The fourth-order valence-electron chi connectivity index (χ4n) is 4.91. The molecule has 0 unspecified atom stereocenters. The molecule has 2 aromatic carbocycles. The molecule has 1 aliphatic rings. The van der Waals surface area contributed by atoms with E-state index in [0.717, 1.165) is 23.8 Å². The molecule has 0 saturated heterocycles. The van der Waals surface area contributed by atoms with Crippen LogP contribution in [0.4, 0.5) is 31.1 Å².